The Labute approximate surface area is 187 Å². The molecular weight excluding hydrogens is 418 g/mol. The highest BCUT2D eigenvalue weighted by molar-refractivity contribution is 5.94. The molecule has 0 aliphatic heterocycles. The molecule has 9 heteroatoms. The quantitative estimate of drug-likeness (QED) is 0.347. The maximum Gasteiger partial charge on any atom is 0.272 e. The number of rotatable bonds is 9. The Morgan fingerprint density at radius 2 is 1.84 bits per heavy atom. The number of aromatic nitrogens is 2. The van der Waals surface area contributed by atoms with Crippen LogP contribution in [0.5, 0.6) is 5.75 Å². The van der Waals surface area contributed by atoms with Crippen LogP contribution in [0.2, 0.25) is 0 Å². The number of benzene rings is 2. The molecule has 0 fully saturated rings. The molecular formula is C22H26ClN5O3. The van der Waals surface area contributed by atoms with E-state index >= 15 is 0 Å². The number of amidine groups is 1. The van der Waals surface area contributed by atoms with Gasteiger partial charge in [0, 0.05) is 30.5 Å². The lowest BCUT2D eigenvalue weighted by Crippen LogP contribution is -2.34. The monoisotopic (exact) mass is 443 g/mol. The van der Waals surface area contributed by atoms with Crippen molar-refractivity contribution in [2.24, 2.45) is 5.73 Å². The number of hydrogen-bond acceptors (Lipinski definition) is 5. The average molecular weight is 444 g/mol. The van der Waals surface area contributed by atoms with Crippen LogP contribution in [0.25, 0.3) is 11.3 Å². The summed E-state index contributed by atoms with van der Waals surface area (Å²) in [5.41, 5.74) is 8.64. The van der Waals surface area contributed by atoms with Crippen LogP contribution in [-0.2, 0) is 16.1 Å². The third-order valence-electron chi connectivity index (χ3n) is 4.51. The minimum absolute atomic E-state index is 0. The maximum atomic E-state index is 12.7. The SMILES string of the molecule is CCOC(C(=O)NCc1ccc(C(=N)N)cc1)n1ccc(-c2ccc(OC)cc2)n1.Cl. The first-order valence-electron chi connectivity index (χ1n) is 9.54. The van der Waals surface area contributed by atoms with Gasteiger partial charge in [-0.05, 0) is 42.8 Å². The van der Waals surface area contributed by atoms with Crippen LogP contribution in [0, 0.1) is 5.41 Å². The maximum absolute atomic E-state index is 12.7. The molecule has 0 aliphatic rings. The van der Waals surface area contributed by atoms with E-state index in [0.29, 0.717) is 18.7 Å². The first-order chi connectivity index (χ1) is 14.5. The number of hydrogen-bond donors (Lipinski definition) is 3. The Kier molecular flexibility index (Phi) is 8.60. The summed E-state index contributed by atoms with van der Waals surface area (Å²) in [4.78, 5) is 12.7. The van der Waals surface area contributed by atoms with Gasteiger partial charge in [-0.2, -0.15) is 5.10 Å². The fourth-order valence-electron chi connectivity index (χ4n) is 2.89. The van der Waals surface area contributed by atoms with E-state index < -0.39 is 6.23 Å². The topological polar surface area (TPSA) is 115 Å². The van der Waals surface area contributed by atoms with Gasteiger partial charge in [-0.25, -0.2) is 4.68 Å². The van der Waals surface area contributed by atoms with Crippen LogP contribution in [0.3, 0.4) is 0 Å². The highest BCUT2D eigenvalue weighted by Crippen LogP contribution is 2.22. The lowest BCUT2D eigenvalue weighted by Gasteiger charge is -2.17. The van der Waals surface area contributed by atoms with Gasteiger partial charge in [0.15, 0.2) is 0 Å². The molecule has 1 amide bonds. The number of nitrogens with two attached hydrogens (primary N) is 1. The summed E-state index contributed by atoms with van der Waals surface area (Å²) in [7, 11) is 1.62. The standard InChI is InChI=1S/C22H25N5O3.ClH/c1-3-30-22(21(28)25-14-15-4-6-17(7-5-15)20(23)24)27-13-12-19(26-27)16-8-10-18(29-2)11-9-16;/h4-13,22H,3,14H2,1-2H3,(H3,23,24)(H,25,28);1H. The minimum Gasteiger partial charge on any atom is -0.497 e. The fourth-order valence-corrected chi connectivity index (χ4v) is 2.89. The first kappa shape index (κ1) is 23.9. The highest BCUT2D eigenvalue weighted by Gasteiger charge is 2.21. The van der Waals surface area contributed by atoms with E-state index in [1.165, 1.54) is 4.68 Å². The van der Waals surface area contributed by atoms with Crippen LogP contribution < -0.4 is 15.8 Å². The van der Waals surface area contributed by atoms with Crippen molar-refractivity contribution in [3.63, 3.8) is 0 Å². The van der Waals surface area contributed by atoms with Gasteiger partial charge in [0.2, 0.25) is 6.23 Å². The molecule has 1 heterocycles. The van der Waals surface area contributed by atoms with E-state index in [4.69, 9.17) is 20.6 Å². The first-order valence-corrected chi connectivity index (χ1v) is 9.54. The molecule has 3 rings (SSSR count). The number of methoxy groups -OCH3 is 1. The normalized spacial score (nSPS) is 11.3. The summed E-state index contributed by atoms with van der Waals surface area (Å²) in [5, 5.41) is 14.8. The van der Waals surface area contributed by atoms with Crippen LogP contribution in [0.1, 0.15) is 24.3 Å². The number of halogens is 1. The zero-order chi connectivity index (χ0) is 21.5. The Bertz CT molecular complexity index is 1000. The Morgan fingerprint density at radius 3 is 2.42 bits per heavy atom. The van der Waals surface area contributed by atoms with E-state index in [1.54, 1.807) is 25.4 Å². The van der Waals surface area contributed by atoms with Gasteiger partial charge in [-0.1, -0.05) is 24.3 Å². The molecule has 2 aromatic carbocycles. The third kappa shape index (κ3) is 6.07. The number of carbonyl (C=O) groups is 1. The molecule has 0 aliphatic carbocycles. The second kappa shape index (κ2) is 11.1. The average Bonchev–Trinajstić information content (AvgIpc) is 3.26. The Balaban J connectivity index is 0.00000341. The fraction of sp³-hybridized carbons (Fsp3) is 0.227. The smallest absolute Gasteiger partial charge is 0.272 e. The molecule has 1 unspecified atom stereocenters. The summed E-state index contributed by atoms with van der Waals surface area (Å²) >= 11 is 0. The predicted octanol–water partition coefficient (Wildman–Crippen LogP) is 3.12. The largest absolute Gasteiger partial charge is 0.497 e. The molecule has 31 heavy (non-hydrogen) atoms. The van der Waals surface area contributed by atoms with Crippen LogP contribution in [0.15, 0.2) is 60.8 Å². The number of nitrogens with one attached hydrogen (secondary N) is 2. The van der Waals surface area contributed by atoms with Gasteiger partial charge in [0.1, 0.15) is 11.6 Å². The molecule has 0 radical (unpaired) electrons. The number of amides is 1. The summed E-state index contributed by atoms with van der Waals surface area (Å²) in [6.45, 7) is 2.52. The summed E-state index contributed by atoms with van der Waals surface area (Å²) < 4.78 is 12.3. The molecule has 1 aromatic heterocycles. The van der Waals surface area contributed by atoms with Crippen molar-refractivity contribution < 1.29 is 14.3 Å². The molecule has 164 valence electrons. The van der Waals surface area contributed by atoms with Crippen LogP contribution in [-0.4, -0.2) is 35.2 Å². The molecule has 8 nitrogen and oxygen atoms in total. The Hall–Kier alpha value is -3.36. The van der Waals surface area contributed by atoms with Crippen molar-refractivity contribution in [3.8, 4) is 17.0 Å². The van der Waals surface area contributed by atoms with Crippen LogP contribution >= 0.6 is 12.4 Å². The van der Waals surface area contributed by atoms with Crippen molar-refractivity contribution in [1.29, 1.82) is 5.41 Å². The van der Waals surface area contributed by atoms with E-state index in [0.717, 1.165) is 22.6 Å². The molecule has 1 atom stereocenters. The zero-order valence-corrected chi connectivity index (χ0v) is 18.2. The zero-order valence-electron chi connectivity index (χ0n) is 17.4. The van der Waals surface area contributed by atoms with Gasteiger partial charge >= 0.3 is 0 Å². The summed E-state index contributed by atoms with van der Waals surface area (Å²) in [6.07, 6.45) is 0.847. The number of carbonyl (C=O) groups excluding carboxylic acids is 1. The molecule has 0 saturated heterocycles. The van der Waals surface area contributed by atoms with Crippen molar-refractivity contribution in [1.82, 2.24) is 15.1 Å². The Morgan fingerprint density at radius 1 is 1.16 bits per heavy atom. The number of ether oxygens (including phenoxy) is 2. The molecule has 4 N–H and O–H groups in total. The van der Waals surface area contributed by atoms with Crippen molar-refractivity contribution in [2.45, 2.75) is 19.7 Å². The van der Waals surface area contributed by atoms with E-state index in [-0.39, 0.29) is 24.1 Å². The van der Waals surface area contributed by atoms with Gasteiger partial charge in [0.05, 0.1) is 12.8 Å². The number of nitrogens with zero attached hydrogens (tertiary/aromatic N) is 2. The van der Waals surface area contributed by atoms with Crippen molar-refractivity contribution in [2.75, 3.05) is 13.7 Å². The van der Waals surface area contributed by atoms with Gasteiger partial charge in [-0.3, -0.25) is 10.2 Å². The molecule has 0 bridgehead atoms. The van der Waals surface area contributed by atoms with Crippen molar-refractivity contribution >= 4 is 24.1 Å². The highest BCUT2D eigenvalue weighted by atomic mass is 35.5. The van der Waals surface area contributed by atoms with Crippen LogP contribution in [0.4, 0.5) is 0 Å². The second-order valence-corrected chi connectivity index (χ2v) is 6.55. The molecule has 0 spiro atoms. The lowest BCUT2D eigenvalue weighted by atomic mass is 10.1. The minimum atomic E-state index is -0.876. The summed E-state index contributed by atoms with van der Waals surface area (Å²) in [6, 6.07) is 16.5. The lowest BCUT2D eigenvalue weighted by molar-refractivity contribution is -0.139. The third-order valence-corrected chi connectivity index (χ3v) is 4.51. The van der Waals surface area contributed by atoms with Gasteiger partial charge in [-0.15, -0.1) is 12.4 Å². The van der Waals surface area contributed by atoms with Crippen molar-refractivity contribution in [3.05, 3.63) is 71.9 Å². The predicted molar refractivity (Wildman–Crippen MR) is 121 cm³/mol. The van der Waals surface area contributed by atoms with Gasteiger partial charge in [0.25, 0.3) is 5.91 Å². The number of nitrogen functional groups attached to an aromatic ring is 1. The van der Waals surface area contributed by atoms with E-state index in [1.807, 2.05) is 49.4 Å². The second-order valence-electron chi connectivity index (χ2n) is 6.55. The molecule has 3 aromatic rings. The molecule has 0 saturated carbocycles. The van der Waals surface area contributed by atoms with Gasteiger partial charge < -0.3 is 20.5 Å². The van der Waals surface area contributed by atoms with E-state index in [9.17, 15) is 4.79 Å². The van der Waals surface area contributed by atoms with E-state index in [2.05, 4.69) is 10.4 Å². The summed E-state index contributed by atoms with van der Waals surface area (Å²) in [5.74, 6) is 0.478.